The third-order valence-corrected chi connectivity index (χ3v) is 6.08. The van der Waals surface area contributed by atoms with Crippen LogP contribution in [0.15, 0.2) is 73.3 Å². The van der Waals surface area contributed by atoms with Crippen LogP contribution < -0.4 is 0 Å². The maximum Gasteiger partial charge on any atom is 0.267 e. The molecule has 3 aromatic carbocycles. The van der Waals surface area contributed by atoms with Crippen LogP contribution in [0, 0.1) is 12.7 Å². The summed E-state index contributed by atoms with van der Waals surface area (Å²) in [5.74, 6) is -0.449. The normalized spacial score (nSPS) is 18.9. The second-order valence-corrected chi connectivity index (χ2v) is 8.04. The molecule has 1 saturated heterocycles. The number of aryl methyl sites for hydroxylation is 1. The Balaban J connectivity index is 1.54. The van der Waals surface area contributed by atoms with Gasteiger partial charge in [-0.1, -0.05) is 66.7 Å². The smallest absolute Gasteiger partial charge is 0.267 e. The van der Waals surface area contributed by atoms with Crippen molar-refractivity contribution < 1.29 is 17.9 Å². The first kappa shape index (κ1) is 21.4. The van der Waals surface area contributed by atoms with Gasteiger partial charge in [-0.25, -0.2) is 13.2 Å². The lowest BCUT2D eigenvalue weighted by Crippen LogP contribution is -2.22. The van der Waals surface area contributed by atoms with Gasteiger partial charge < -0.3 is 4.74 Å². The minimum Gasteiger partial charge on any atom is -0.374 e. The highest BCUT2D eigenvalue weighted by atomic mass is 19.3. The van der Waals surface area contributed by atoms with Gasteiger partial charge in [-0.3, -0.25) is 0 Å². The van der Waals surface area contributed by atoms with Crippen LogP contribution in [0.5, 0.6) is 0 Å². The molecule has 2 atom stereocenters. The minimum atomic E-state index is -2.87. The van der Waals surface area contributed by atoms with Crippen LogP contribution in [0.4, 0.5) is 13.2 Å². The van der Waals surface area contributed by atoms with Crippen molar-refractivity contribution in [1.29, 1.82) is 0 Å². The largest absolute Gasteiger partial charge is 0.374 e. The molecular weight excluding hydrogens is 397 g/mol. The van der Waals surface area contributed by atoms with E-state index < -0.39 is 17.8 Å². The molecule has 2 unspecified atom stereocenters. The Bertz CT molecular complexity index is 1050. The molecule has 1 aliphatic rings. The number of benzene rings is 3. The number of halogens is 3. The Morgan fingerprint density at radius 3 is 2.06 bits per heavy atom. The summed E-state index contributed by atoms with van der Waals surface area (Å²) < 4.78 is 47.0. The number of hydrogen-bond acceptors (Lipinski definition) is 1. The summed E-state index contributed by atoms with van der Waals surface area (Å²) in [6, 6.07) is 18.8. The third kappa shape index (κ3) is 4.45. The third-order valence-electron chi connectivity index (χ3n) is 6.08. The molecule has 3 aromatic rings. The van der Waals surface area contributed by atoms with Crippen LogP contribution in [0.25, 0.3) is 22.3 Å². The van der Waals surface area contributed by atoms with Crippen LogP contribution in [-0.2, 0) is 4.74 Å². The molecule has 4 rings (SSSR count). The van der Waals surface area contributed by atoms with E-state index in [1.54, 1.807) is 18.2 Å². The molecule has 0 bridgehead atoms. The number of ether oxygens (including phenoxy) is 1. The van der Waals surface area contributed by atoms with E-state index in [4.69, 9.17) is 4.74 Å². The van der Waals surface area contributed by atoms with Crippen molar-refractivity contribution in [1.82, 2.24) is 0 Å². The Labute approximate surface area is 181 Å². The Morgan fingerprint density at radius 1 is 0.903 bits per heavy atom. The van der Waals surface area contributed by atoms with Gasteiger partial charge in [0, 0.05) is 5.92 Å². The molecule has 0 N–H and O–H groups in total. The summed E-state index contributed by atoms with van der Waals surface area (Å²) in [5, 5.41) is 0. The lowest BCUT2D eigenvalue weighted by Gasteiger charge is -2.27. The first-order valence-electron chi connectivity index (χ1n) is 10.5. The van der Waals surface area contributed by atoms with Crippen molar-refractivity contribution in [2.24, 2.45) is 0 Å². The van der Waals surface area contributed by atoms with E-state index in [0.717, 1.165) is 24.0 Å². The van der Waals surface area contributed by atoms with Crippen LogP contribution in [0.3, 0.4) is 0 Å². The molecule has 0 saturated carbocycles. The van der Waals surface area contributed by atoms with E-state index in [-0.39, 0.29) is 17.2 Å². The van der Waals surface area contributed by atoms with Crippen molar-refractivity contribution in [3.05, 3.63) is 95.8 Å². The monoisotopic (exact) mass is 422 g/mol. The molecule has 1 aliphatic heterocycles. The summed E-state index contributed by atoms with van der Waals surface area (Å²) >= 11 is 0. The van der Waals surface area contributed by atoms with Crippen molar-refractivity contribution in [3.8, 4) is 22.3 Å². The lowest BCUT2D eigenvalue weighted by atomic mass is 9.90. The first-order valence-corrected chi connectivity index (χ1v) is 10.5. The van der Waals surface area contributed by atoms with E-state index in [1.807, 2.05) is 18.2 Å². The van der Waals surface area contributed by atoms with Gasteiger partial charge in [0.2, 0.25) is 0 Å². The van der Waals surface area contributed by atoms with Crippen LogP contribution in [0.2, 0.25) is 0 Å². The molecule has 0 aromatic heterocycles. The van der Waals surface area contributed by atoms with Crippen LogP contribution in [-0.4, -0.2) is 12.7 Å². The maximum atomic E-state index is 14.3. The molecule has 160 valence electrons. The number of alkyl halides is 2. The average molecular weight is 422 g/mol. The van der Waals surface area contributed by atoms with Gasteiger partial charge in [-0.2, -0.15) is 0 Å². The predicted molar refractivity (Wildman–Crippen MR) is 119 cm³/mol. The van der Waals surface area contributed by atoms with Gasteiger partial charge in [0.05, 0.1) is 18.3 Å². The molecule has 1 nitrogen and oxygen atoms in total. The minimum absolute atomic E-state index is 0.154. The van der Waals surface area contributed by atoms with Gasteiger partial charge in [0.1, 0.15) is 5.82 Å². The van der Waals surface area contributed by atoms with Gasteiger partial charge in [0.25, 0.3) is 6.43 Å². The quantitative estimate of drug-likeness (QED) is 0.380. The Kier molecular flexibility index (Phi) is 6.28. The summed E-state index contributed by atoms with van der Waals surface area (Å²) in [6.07, 6.45) is 1.20. The van der Waals surface area contributed by atoms with E-state index in [9.17, 15) is 13.2 Å². The molecule has 0 radical (unpaired) electrons. The Morgan fingerprint density at radius 2 is 1.52 bits per heavy atom. The lowest BCUT2D eigenvalue weighted by molar-refractivity contribution is 0.0329. The summed E-state index contributed by atoms with van der Waals surface area (Å²) in [5.41, 5.74) is 3.76. The fraction of sp³-hybridized carbons (Fsp3) is 0.259. The summed E-state index contributed by atoms with van der Waals surface area (Å²) in [4.78, 5) is 0. The zero-order chi connectivity index (χ0) is 22.0. The van der Waals surface area contributed by atoms with Crippen molar-refractivity contribution in [3.63, 3.8) is 0 Å². The maximum absolute atomic E-state index is 14.3. The van der Waals surface area contributed by atoms with Gasteiger partial charge in [-0.15, -0.1) is 6.58 Å². The molecule has 1 heterocycles. The average Bonchev–Trinajstić information content (AvgIpc) is 2.81. The molecule has 0 spiro atoms. The number of rotatable bonds is 5. The van der Waals surface area contributed by atoms with Crippen molar-refractivity contribution in [2.45, 2.75) is 38.2 Å². The zero-order valence-corrected chi connectivity index (χ0v) is 17.5. The molecule has 1 fully saturated rings. The summed E-state index contributed by atoms with van der Waals surface area (Å²) in [7, 11) is 0. The fourth-order valence-corrected chi connectivity index (χ4v) is 4.18. The molecular formula is C27H25F3O. The molecule has 31 heavy (non-hydrogen) atoms. The van der Waals surface area contributed by atoms with E-state index in [2.05, 4.69) is 30.8 Å². The van der Waals surface area contributed by atoms with E-state index in [1.165, 1.54) is 18.6 Å². The van der Waals surface area contributed by atoms with E-state index in [0.29, 0.717) is 18.1 Å². The SMILES string of the molecule is C=CC1CCC(c2ccc(-c3ccc(-c4ccc(C)c(F)c4C(F)F)cc3)cc2)CO1. The fourth-order valence-electron chi connectivity index (χ4n) is 4.18. The van der Waals surface area contributed by atoms with Gasteiger partial charge in [0.15, 0.2) is 0 Å². The molecule has 0 amide bonds. The van der Waals surface area contributed by atoms with Crippen molar-refractivity contribution >= 4 is 0 Å². The summed E-state index contributed by atoms with van der Waals surface area (Å²) in [6.45, 7) is 5.99. The number of hydrogen-bond donors (Lipinski definition) is 0. The molecule has 0 aliphatic carbocycles. The van der Waals surface area contributed by atoms with Crippen LogP contribution >= 0.6 is 0 Å². The van der Waals surface area contributed by atoms with Crippen LogP contribution in [0.1, 0.15) is 41.9 Å². The highest BCUT2D eigenvalue weighted by molar-refractivity contribution is 5.73. The van der Waals surface area contributed by atoms with Gasteiger partial charge in [-0.05, 0) is 53.1 Å². The Hall–Kier alpha value is -2.85. The highest BCUT2D eigenvalue weighted by Gasteiger charge is 2.22. The predicted octanol–water partition coefficient (Wildman–Crippen LogP) is 7.85. The topological polar surface area (TPSA) is 9.23 Å². The second-order valence-electron chi connectivity index (χ2n) is 8.04. The zero-order valence-electron chi connectivity index (χ0n) is 17.5. The first-order chi connectivity index (χ1) is 15.0. The van der Waals surface area contributed by atoms with Gasteiger partial charge >= 0.3 is 0 Å². The molecule has 4 heteroatoms. The second kappa shape index (κ2) is 9.11. The van der Waals surface area contributed by atoms with Crippen molar-refractivity contribution in [2.75, 3.05) is 6.61 Å². The van der Waals surface area contributed by atoms with E-state index >= 15 is 0 Å². The highest BCUT2D eigenvalue weighted by Crippen LogP contribution is 2.36. The standard InChI is InChI=1S/C27H25F3O/c1-3-23-14-13-22(16-31-23)20-7-5-18(6-8-20)19-9-11-21(12-10-19)24-15-4-17(2)26(28)25(24)27(29)30/h3-12,15,22-23,27H,1,13-14,16H2,2H3.